The van der Waals surface area contributed by atoms with Crippen LogP contribution in [0, 0.1) is 0 Å². The first-order valence-electron chi connectivity index (χ1n) is 16.6. The third-order valence-electron chi connectivity index (χ3n) is 7.60. The van der Waals surface area contributed by atoms with Crippen LogP contribution in [0.1, 0.15) is 64.5 Å². The molecular formula is C31H46BN9O13. The molecule has 0 aliphatic heterocycles. The Morgan fingerprint density at radius 2 is 1.39 bits per heavy atom. The number of carbonyl (C=O) groups is 10. The van der Waals surface area contributed by atoms with Gasteiger partial charge in [0.25, 0.3) is 0 Å². The first-order valence-corrected chi connectivity index (χ1v) is 16.6. The van der Waals surface area contributed by atoms with Crippen molar-refractivity contribution in [1.29, 1.82) is 0 Å². The maximum atomic E-state index is 13.1. The van der Waals surface area contributed by atoms with Gasteiger partial charge in [0.05, 0.1) is 30.6 Å². The molecule has 1 heterocycles. The summed E-state index contributed by atoms with van der Waals surface area (Å²) in [7, 11) is 5.35. The molecule has 0 saturated carbocycles. The highest BCUT2D eigenvalue weighted by molar-refractivity contribution is 6.60. The van der Waals surface area contributed by atoms with Crippen LogP contribution in [0.3, 0.4) is 0 Å². The number of rotatable bonds is 26. The molecule has 23 heteroatoms. The van der Waals surface area contributed by atoms with Crippen LogP contribution >= 0.6 is 0 Å². The number of nitrogens with zero attached hydrogens (tertiary/aromatic N) is 2. The van der Waals surface area contributed by atoms with E-state index in [2.05, 4.69) is 36.6 Å². The first-order chi connectivity index (χ1) is 25.2. The van der Waals surface area contributed by atoms with Crippen molar-refractivity contribution < 1.29 is 63.3 Å². The highest BCUT2D eigenvalue weighted by Gasteiger charge is 2.31. The van der Waals surface area contributed by atoms with Crippen LogP contribution in [-0.4, -0.2) is 147 Å². The van der Waals surface area contributed by atoms with Crippen LogP contribution in [0.15, 0.2) is 12.5 Å². The largest absolute Gasteiger partial charge is 0.481 e. The Bertz CT molecular complexity index is 1520. The van der Waals surface area contributed by atoms with Crippen molar-refractivity contribution >= 4 is 66.9 Å². The van der Waals surface area contributed by atoms with Gasteiger partial charge in [-0.3, -0.25) is 43.2 Å². The minimum Gasteiger partial charge on any atom is -0.481 e. The maximum Gasteiger partial charge on any atom is 0.303 e. The molecular weight excluding hydrogens is 717 g/mol. The molecule has 11 N–H and O–H groups in total. The summed E-state index contributed by atoms with van der Waals surface area (Å²) in [5.74, 6) is -8.82. The number of carboxylic acid groups (broad SMARTS) is 3. The predicted molar refractivity (Wildman–Crippen MR) is 185 cm³/mol. The van der Waals surface area contributed by atoms with Crippen molar-refractivity contribution in [2.24, 2.45) is 5.73 Å². The summed E-state index contributed by atoms with van der Waals surface area (Å²) in [4.78, 5) is 130. The Balaban J connectivity index is 3.03. The standard InChI is InChI=1S/C31H46BN9O13/c1-31(2,30(32)54)40-29(53)20(12-17-14-34-16-36-17)38-22(43)15-41(23(44)13-33)11-10-35-27(51)18(6-8-25(47)48)39-28(52)19(7-9-26(49)50)37-21(42)4-3-5-24(45)46/h14,16,18-20H,3-13,15,33H2,1-2H3,(H,34,36)(H,35,51)(H,37,42)(H,38,43)(H,39,52)(H,40,53)(H,45,46)(H,47,48)(H,49,50)/t18-,19-,20-/m0/s1. The molecule has 1 aromatic heterocycles. The third kappa shape index (κ3) is 18.1. The lowest BCUT2D eigenvalue weighted by Crippen LogP contribution is -2.58. The van der Waals surface area contributed by atoms with Gasteiger partial charge in [-0.15, -0.1) is 0 Å². The lowest BCUT2D eigenvalue weighted by atomic mass is 9.84. The molecule has 296 valence electrons. The summed E-state index contributed by atoms with van der Waals surface area (Å²) >= 11 is 0. The van der Waals surface area contributed by atoms with Gasteiger partial charge < -0.3 is 62.3 Å². The number of nitrogens with one attached hydrogen (secondary N) is 6. The Morgan fingerprint density at radius 3 is 1.91 bits per heavy atom. The number of aliphatic carboxylic acids is 3. The quantitative estimate of drug-likeness (QED) is 0.0401. The van der Waals surface area contributed by atoms with Gasteiger partial charge >= 0.3 is 17.9 Å². The van der Waals surface area contributed by atoms with Crippen LogP contribution in [0.5, 0.6) is 0 Å². The van der Waals surface area contributed by atoms with Crippen LogP contribution in [0.4, 0.5) is 0 Å². The van der Waals surface area contributed by atoms with Gasteiger partial charge in [0, 0.05) is 57.1 Å². The smallest absolute Gasteiger partial charge is 0.303 e. The topological polar surface area (TPSA) is 349 Å². The van der Waals surface area contributed by atoms with Gasteiger partial charge in [-0.1, -0.05) is 0 Å². The van der Waals surface area contributed by atoms with E-state index in [4.69, 9.17) is 23.8 Å². The van der Waals surface area contributed by atoms with E-state index in [-0.39, 0.29) is 38.8 Å². The molecule has 0 spiro atoms. The monoisotopic (exact) mass is 763 g/mol. The third-order valence-corrected chi connectivity index (χ3v) is 7.60. The first kappa shape index (κ1) is 46.2. The minimum atomic E-state index is -1.52. The number of nitrogens with two attached hydrogens (primary N) is 1. The molecule has 0 aliphatic carbocycles. The second-order valence-corrected chi connectivity index (χ2v) is 12.5. The zero-order chi connectivity index (χ0) is 41.0. The number of aromatic amines is 1. The lowest BCUT2D eigenvalue weighted by molar-refractivity contribution is -0.139. The molecule has 0 unspecified atom stereocenters. The highest BCUT2D eigenvalue weighted by Crippen LogP contribution is 2.07. The molecule has 22 nitrogen and oxygen atoms in total. The summed E-state index contributed by atoms with van der Waals surface area (Å²) in [6.45, 7) is 0.856. The van der Waals surface area contributed by atoms with Crippen molar-refractivity contribution in [1.82, 2.24) is 41.5 Å². The number of aromatic nitrogens is 2. The number of amides is 6. The average Bonchev–Trinajstić information content (AvgIpc) is 3.59. The normalized spacial score (nSPS) is 12.6. The SMILES string of the molecule is [B]C(=O)C(C)(C)NC(=O)[C@H](Cc1cnc[nH]1)NC(=O)CN(CCNC(=O)[C@H](CCC(=O)O)NC(=O)[C@H](CCC(=O)O)NC(=O)CCCC(=O)O)C(=O)CN. The zero-order valence-electron chi connectivity index (χ0n) is 29.8. The summed E-state index contributed by atoms with van der Waals surface area (Å²) in [6.07, 6.45) is -0.0693. The second kappa shape index (κ2) is 22.9. The average molecular weight is 764 g/mol. The number of H-pyrrole nitrogens is 1. The van der Waals surface area contributed by atoms with E-state index in [1.54, 1.807) is 0 Å². The van der Waals surface area contributed by atoms with Gasteiger partial charge in [0.2, 0.25) is 35.4 Å². The molecule has 0 saturated heterocycles. The summed E-state index contributed by atoms with van der Waals surface area (Å²) in [5, 5.41) is 39.0. The molecule has 1 aromatic rings. The molecule has 1 rings (SSSR count). The fraction of sp³-hybridized carbons (Fsp3) is 0.581. The van der Waals surface area contributed by atoms with Gasteiger partial charge in [-0.05, 0) is 33.1 Å². The minimum absolute atomic E-state index is 0.0696. The van der Waals surface area contributed by atoms with Crippen molar-refractivity contribution in [2.75, 3.05) is 26.2 Å². The number of imidazole rings is 1. The van der Waals surface area contributed by atoms with E-state index < -0.39 is 121 Å². The molecule has 0 bridgehead atoms. The number of carbonyl (C=O) groups excluding carboxylic acids is 7. The highest BCUT2D eigenvalue weighted by atomic mass is 16.4. The van der Waals surface area contributed by atoms with Crippen molar-refractivity contribution in [3.05, 3.63) is 18.2 Å². The summed E-state index contributed by atoms with van der Waals surface area (Å²) in [5.41, 5.74) is 3.63. The van der Waals surface area contributed by atoms with E-state index >= 15 is 0 Å². The Kier molecular flexibility index (Phi) is 19.6. The van der Waals surface area contributed by atoms with E-state index in [0.717, 1.165) is 4.90 Å². The molecule has 0 fully saturated rings. The molecule has 54 heavy (non-hydrogen) atoms. The molecule has 0 aliphatic rings. The van der Waals surface area contributed by atoms with Crippen LogP contribution in [-0.2, 0) is 54.4 Å². The number of hydrogen-bond donors (Lipinski definition) is 10. The van der Waals surface area contributed by atoms with E-state index in [9.17, 15) is 53.1 Å². The van der Waals surface area contributed by atoms with E-state index in [0.29, 0.717) is 5.69 Å². The zero-order valence-corrected chi connectivity index (χ0v) is 29.8. The van der Waals surface area contributed by atoms with Gasteiger partial charge in [-0.2, -0.15) is 0 Å². The van der Waals surface area contributed by atoms with Gasteiger partial charge in [0.1, 0.15) is 18.1 Å². The van der Waals surface area contributed by atoms with Crippen molar-refractivity contribution in [2.45, 2.75) is 88.9 Å². The molecule has 6 amide bonds. The van der Waals surface area contributed by atoms with Gasteiger partial charge in [0.15, 0.2) is 7.85 Å². The molecule has 0 aromatic carbocycles. The van der Waals surface area contributed by atoms with E-state index in [1.165, 1.54) is 26.4 Å². The Morgan fingerprint density at radius 1 is 0.815 bits per heavy atom. The maximum absolute atomic E-state index is 13.1. The van der Waals surface area contributed by atoms with Crippen LogP contribution in [0.25, 0.3) is 0 Å². The fourth-order valence-corrected chi connectivity index (χ4v) is 4.57. The fourth-order valence-electron chi connectivity index (χ4n) is 4.57. The number of carboxylic acids is 3. The van der Waals surface area contributed by atoms with Crippen LogP contribution < -0.4 is 32.3 Å². The van der Waals surface area contributed by atoms with E-state index in [1.807, 2.05) is 0 Å². The van der Waals surface area contributed by atoms with Crippen LogP contribution in [0.2, 0.25) is 0 Å². The predicted octanol–water partition coefficient (Wildman–Crippen LogP) is -4.12. The summed E-state index contributed by atoms with van der Waals surface area (Å²) in [6, 6.07) is -4.26. The second-order valence-electron chi connectivity index (χ2n) is 12.5. The van der Waals surface area contributed by atoms with Gasteiger partial charge in [-0.25, -0.2) is 4.98 Å². The Hall–Kier alpha value is -5.87. The number of hydrogen-bond acceptors (Lipinski definition) is 12. The molecule has 2 radical (unpaired) electrons. The summed E-state index contributed by atoms with van der Waals surface area (Å²) < 4.78 is 0. The Labute approximate surface area is 310 Å². The van der Waals surface area contributed by atoms with Crippen molar-refractivity contribution in [3.63, 3.8) is 0 Å². The van der Waals surface area contributed by atoms with Crippen molar-refractivity contribution in [3.8, 4) is 0 Å². The molecule has 3 atom stereocenters. The lowest BCUT2D eigenvalue weighted by Gasteiger charge is -2.28.